The number of aromatic amines is 1. The van der Waals surface area contributed by atoms with Crippen molar-refractivity contribution < 1.29 is 9.21 Å². The number of anilines is 1. The van der Waals surface area contributed by atoms with Crippen LogP contribution in [0.5, 0.6) is 0 Å². The molecule has 3 aromatic rings. The number of hydrogen-bond acceptors (Lipinski definition) is 5. The minimum Gasteiger partial charge on any atom is -0.429 e. The zero-order valence-electron chi connectivity index (χ0n) is 13.2. The smallest absolute Gasteiger partial charge is 0.266 e. The van der Waals surface area contributed by atoms with E-state index in [1.165, 1.54) is 0 Å². The van der Waals surface area contributed by atoms with Crippen LogP contribution in [0.3, 0.4) is 0 Å². The fraction of sp³-hybridized carbons (Fsp3) is 0.312. The van der Waals surface area contributed by atoms with E-state index in [4.69, 9.17) is 16.6 Å². The molecule has 1 fully saturated rings. The number of hydrogen-bond donors (Lipinski definition) is 2. The van der Waals surface area contributed by atoms with Crippen LogP contribution in [-0.4, -0.2) is 39.8 Å². The molecule has 124 valence electrons. The third-order valence-corrected chi connectivity index (χ3v) is 4.45. The van der Waals surface area contributed by atoms with Gasteiger partial charge >= 0.3 is 0 Å². The maximum Gasteiger partial charge on any atom is 0.266 e. The monoisotopic (exact) mass is 343 g/mol. The number of rotatable bonds is 3. The second-order valence-corrected chi connectivity index (χ2v) is 6.37. The first-order valence-corrected chi connectivity index (χ1v) is 8.16. The van der Waals surface area contributed by atoms with Crippen molar-refractivity contribution >= 4 is 34.9 Å². The third kappa shape index (κ3) is 2.80. The highest BCUT2D eigenvalue weighted by Crippen LogP contribution is 2.20. The van der Waals surface area contributed by atoms with Gasteiger partial charge in [0.25, 0.3) is 10.7 Å². The molecule has 0 aliphatic carbocycles. The number of benzene rings is 1. The van der Waals surface area contributed by atoms with Crippen LogP contribution >= 0.6 is 12.2 Å². The molecule has 1 amide bonds. The van der Waals surface area contributed by atoms with Crippen molar-refractivity contribution in [3.63, 3.8) is 0 Å². The summed E-state index contributed by atoms with van der Waals surface area (Å²) in [4.78, 5) is 17.9. The number of carbonyl (C=O) groups excluding carboxylic acids is 1. The Morgan fingerprint density at radius 2 is 2.38 bits per heavy atom. The fourth-order valence-corrected chi connectivity index (χ4v) is 3.24. The molecule has 1 saturated heterocycles. The van der Waals surface area contributed by atoms with E-state index in [1.54, 1.807) is 22.9 Å². The highest BCUT2D eigenvalue weighted by molar-refractivity contribution is 7.71. The van der Waals surface area contributed by atoms with Gasteiger partial charge in [0.2, 0.25) is 0 Å². The number of H-pyrrole nitrogens is 1. The molecule has 2 N–H and O–H groups in total. The Labute approximate surface area is 143 Å². The summed E-state index contributed by atoms with van der Waals surface area (Å²) in [5, 5.41) is 7.28. The molecule has 0 unspecified atom stereocenters. The normalized spacial score (nSPS) is 17.5. The van der Waals surface area contributed by atoms with Crippen molar-refractivity contribution in [3.05, 3.63) is 41.0 Å². The molecule has 0 radical (unpaired) electrons. The number of fused-ring (bicyclic) bond motifs is 1. The Balaban J connectivity index is 1.44. The summed E-state index contributed by atoms with van der Waals surface area (Å²) >= 11 is 4.96. The van der Waals surface area contributed by atoms with Crippen LogP contribution in [0.4, 0.5) is 5.69 Å². The number of amides is 1. The lowest BCUT2D eigenvalue weighted by Gasteiger charge is -2.16. The molecule has 1 atom stereocenters. The predicted octanol–water partition coefficient (Wildman–Crippen LogP) is 2.23. The summed E-state index contributed by atoms with van der Waals surface area (Å²) in [6.07, 6.45) is 4.74. The van der Waals surface area contributed by atoms with Gasteiger partial charge in [0.1, 0.15) is 0 Å². The van der Waals surface area contributed by atoms with Gasteiger partial charge in [0.05, 0.1) is 17.4 Å². The Morgan fingerprint density at radius 3 is 3.17 bits per heavy atom. The van der Waals surface area contributed by atoms with Crippen molar-refractivity contribution in [2.24, 2.45) is 7.05 Å². The van der Waals surface area contributed by atoms with Crippen LogP contribution in [0.15, 0.2) is 35.0 Å². The second kappa shape index (κ2) is 5.79. The molecule has 0 bridgehead atoms. The SMILES string of the molecule is Cn1cc(N2CC[C@H](NC(=O)c3ccc4[nH]c(=S)oc4c3)C2)cn1. The molecule has 1 aromatic carbocycles. The first-order chi connectivity index (χ1) is 11.6. The minimum absolute atomic E-state index is 0.0998. The molecule has 0 spiro atoms. The molecule has 0 saturated carbocycles. The first-order valence-electron chi connectivity index (χ1n) is 7.76. The summed E-state index contributed by atoms with van der Waals surface area (Å²) in [5.41, 5.74) is 3.04. The molecule has 2 aromatic heterocycles. The number of carbonyl (C=O) groups is 1. The minimum atomic E-state index is -0.0998. The summed E-state index contributed by atoms with van der Waals surface area (Å²) < 4.78 is 7.15. The van der Waals surface area contributed by atoms with E-state index >= 15 is 0 Å². The number of aryl methyl sites for hydroxylation is 1. The van der Waals surface area contributed by atoms with E-state index in [2.05, 4.69) is 20.3 Å². The average Bonchev–Trinajstić information content (AvgIpc) is 3.25. The van der Waals surface area contributed by atoms with Gasteiger partial charge in [0.15, 0.2) is 5.58 Å². The van der Waals surface area contributed by atoms with Gasteiger partial charge in [0, 0.05) is 37.9 Å². The molecular formula is C16H17N5O2S. The second-order valence-electron chi connectivity index (χ2n) is 6.00. The maximum atomic E-state index is 12.5. The van der Waals surface area contributed by atoms with Gasteiger partial charge in [-0.25, -0.2) is 0 Å². The Bertz CT molecular complexity index is 957. The Kier molecular flexibility index (Phi) is 3.61. The zero-order valence-corrected chi connectivity index (χ0v) is 14.0. The lowest BCUT2D eigenvalue weighted by molar-refractivity contribution is 0.0940. The third-order valence-electron chi connectivity index (χ3n) is 4.26. The van der Waals surface area contributed by atoms with Crippen LogP contribution in [-0.2, 0) is 7.05 Å². The van der Waals surface area contributed by atoms with Gasteiger partial charge in [-0.1, -0.05) is 0 Å². The highest BCUT2D eigenvalue weighted by atomic mass is 32.1. The van der Waals surface area contributed by atoms with E-state index in [0.29, 0.717) is 16.0 Å². The summed E-state index contributed by atoms with van der Waals surface area (Å²) in [6, 6.07) is 5.41. The van der Waals surface area contributed by atoms with Crippen LogP contribution in [0.1, 0.15) is 16.8 Å². The molecule has 1 aliphatic rings. The van der Waals surface area contributed by atoms with E-state index in [9.17, 15) is 4.79 Å². The van der Waals surface area contributed by atoms with Crippen molar-refractivity contribution in [2.75, 3.05) is 18.0 Å². The van der Waals surface area contributed by atoms with Crippen LogP contribution in [0, 0.1) is 4.84 Å². The first kappa shape index (κ1) is 14.9. The summed E-state index contributed by atoms with van der Waals surface area (Å²) in [5.74, 6) is -0.0998. The topological polar surface area (TPSA) is 79.1 Å². The molecule has 1 aliphatic heterocycles. The summed E-state index contributed by atoms with van der Waals surface area (Å²) in [6.45, 7) is 1.69. The van der Waals surface area contributed by atoms with Crippen LogP contribution in [0.2, 0.25) is 0 Å². The van der Waals surface area contributed by atoms with E-state index in [-0.39, 0.29) is 11.9 Å². The van der Waals surface area contributed by atoms with Crippen LogP contribution < -0.4 is 10.2 Å². The Morgan fingerprint density at radius 1 is 1.50 bits per heavy atom. The van der Waals surface area contributed by atoms with Crippen molar-refractivity contribution in [1.29, 1.82) is 0 Å². The molecule has 7 nitrogen and oxygen atoms in total. The van der Waals surface area contributed by atoms with Crippen molar-refractivity contribution in [3.8, 4) is 0 Å². The number of oxazole rings is 1. The maximum absolute atomic E-state index is 12.5. The van der Waals surface area contributed by atoms with E-state index < -0.39 is 0 Å². The van der Waals surface area contributed by atoms with Crippen molar-refractivity contribution in [1.82, 2.24) is 20.1 Å². The molecular weight excluding hydrogens is 326 g/mol. The quantitative estimate of drug-likeness (QED) is 0.713. The van der Waals surface area contributed by atoms with Crippen molar-refractivity contribution in [2.45, 2.75) is 12.5 Å². The predicted molar refractivity (Wildman–Crippen MR) is 92.7 cm³/mol. The number of nitrogens with one attached hydrogen (secondary N) is 2. The van der Waals surface area contributed by atoms with Gasteiger partial charge < -0.3 is 19.6 Å². The molecule has 24 heavy (non-hydrogen) atoms. The standard InChI is InChI=1S/C16H17N5O2S/c1-20-9-12(7-17-20)21-5-4-11(8-21)18-15(22)10-2-3-13-14(6-10)23-16(24)19-13/h2-3,6-7,9,11H,4-5,8H2,1H3,(H,18,22)(H,19,24)/t11-/m0/s1. The number of nitrogens with zero attached hydrogens (tertiary/aromatic N) is 3. The molecule has 8 heteroatoms. The lowest BCUT2D eigenvalue weighted by atomic mass is 10.1. The van der Waals surface area contributed by atoms with E-state index in [0.717, 1.165) is 30.7 Å². The molecule has 4 rings (SSSR count). The fourth-order valence-electron chi connectivity index (χ4n) is 3.04. The highest BCUT2D eigenvalue weighted by Gasteiger charge is 2.25. The van der Waals surface area contributed by atoms with Gasteiger partial charge in [-0.15, -0.1) is 0 Å². The molecule has 3 heterocycles. The number of aromatic nitrogens is 3. The lowest BCUT2D eigenvalue weighted by Crippen LogP contribution is -2.37. The summed E-state index contributed by atoms with van der Waals surface area (Å²) in [7, 11) is 1.90. The van der Waals surface area contributed by atoms with E-state index in [1.807, 2.05) is 19.4 Å². The van der Waals surface area contributed by atoms with Gasteiger partial charge in [-0.2, -0.15) is 5.10 Å². The zero-order chi connectivity index (χ0) is 16.7. The van der Waals surface area contributed by atoms with Gasteiger partial charge in [-0.3, -0.25) is 9.48 Å². The van der Waals surface area contributed by atoms with Gasteiger partial charge in [-0.05, 0) is 36.8 Å². The largest absolute Gasteiger partial charge is 0.429 e. The Hall–Kier alpha value is -2.61. The average molecular weight is 343 g/mol. The van der Waals surface area contributed by atoms with Crippen LogP contribution in [0.25, 0.3) is 11.1 Å².